The molecule has 0 radical (unpaired) electrons. The first-order chi connectivity index (χ1) is 10.1. The average Bonchev–Trinajstić information content (AvgIpc) is 2.98. The lowest BCUT2D eigenvalue weighted by Crippen LogP contribution is -2.43. The van der Waals surface area contributed by atoms with Crippen LogP contribution >= 0.6 is 0 Å². The maximum Gasteiger partial charge on any atom is 0.328 e. The fourth-order valence-corrected chi connectivity index (χ4v) is 1.85. The van der Waals surface area contributed by atoms with Crippen molar-refractivity contribution >= 4 is 11.9 Å². The van der Waals surface area contributed by atoms with E-state index >= 15 is 0 Å². The van der Waals surface area contributed by atoms with Gasteiger partial charge in [0.15, 0.2) is 0 Å². The zero-order valence-corrected chi connectivity index (χ0v) is 11.8. The summed E-state index contributed by atoms with van der Waals surface area (Å²) in [6.45, 7) is 1.79. The molecule has 0 bridgehead atoms. The SMILES string of the molecule is COC(=O)[C@H](Cc1cnc[nH]1)NC(=O)c1cccc(C)n1. The topological polar surface area (TPSA) is 97.0 Å². The largest absolute Gasteiger partial charge is 0.467 e. The number of amides is 1. The number of nitrogens with one attached hydrogen (secondary N) is 2. The number of carbonyl (C=O) groups excluding carboxylic acids is 2. The molecule has 0 spiro atoms. The monoisotopic (exact) mass is 288 g/mol. The Kier molecular flexibility index (Phi) is 4.65. The Bertz CT molecular complexity index is 625. The summed E-state index contributed by atoms with van der Waals surface area (Å²) >= 11 is 0. The normalized spacial score (nSPS) is 11.7. The number of hydrogen-bond acceptors (Lipinski definition) is 5. The summed E-state index contributed by atoms with van der Waals surface area (Å²) in [5, 5.41) is 2.63. The zero-order valence-electron chi connectivity index (χ0n) is 11.8. The zero-order chi connectivity index (χ0) is 15.2. The molecule has 7 nitrogen and oxygen atoms in total. The third-order valence-electron chi connectivity index (χ3n) is 2.89. The number of pyridine rings is 1. The standard InChI is InChI=1S/C14H16N4O3/c1-9-4-3-5-11(17-9)13(19)18-12(14(20)21-2)6-10-7-15-8-16-10/h3-5,7-8,12H,6H2,1-2H3,(H,15,16)(H,18,19)/t12-/m0/s1. The molecule has 0 unspecified atom stereocenters. The van der Waals surface area contributed by atoms with Crippen molar-refractivity contribution in [3.8, 4) is 0 Å². The van der Waals surface area contributed by atoms with Gasteiger partial charge in [-0.2, -0.15) is 0 Å². The number of aromatic amines is 1. The average molecular weight is 288 g/mol. The highest BCUT2D eigenvalue weighted by molar-refractivity contribution is 5.95. The van der Waals surface area contributed by atoms with E-state index in [1.165, 1.54) is 13.4 Å². The number of imidazole rings is 1. The van der Waals surface area contributed by atoms with E-state index in [0.29, 0.717) is 0 Å². The Morgan fingerprint density at radius 3 is 2.86 bits per heavy atom. The summed E-state index contributed by atoms with van der Waals surface area (Å²) < 4.78 is 4.71. The number of ether oxygens (including phenoxy) is 1. The number of carbonyl (C=O) groups is 2. The van der Waals surface area contributed by atoms with Gasteiger partial charge in [0.25, 0.3) is 5.91 Å². The number of hydrogen-bond donors (Lipinski definition) is 2. The molecule has 2 N–H and O–H groups in total. The van der Waals surface area contributed by atoms with Gasteiger partial charge in [-0.3, -0.25) is 4.79 Å². The Hall–Kier alpha value is -2.70. The summed E-state index contributed by atoms with van der Waals surface area (Å²) in [6, 6.07) is 4.32. The van der Waals surface area contributed by atoms with Crippen LogP contribution in [0.15, 0.2) is 30.7 Å². The second-order valence-electron chi connectivity index (χ2n) is 4.49. The number of nitrogens with zero attached hydrogens (tertiary/aromatic N) is 2. The quantitative estimate of drug-likeness (QED) is 0.786. The van der Waals surface area contributed by atoms with Crippen LogP contribution in [0.4, 0.5) is 0 Å². The Morgan fingerprint density at radius 2 is 2.24 bits per heavy atom. The van der Waals surface area contributed by atoms with Gasteiger partial charge >= 0.3 is 5.97 Å². The van der Waals surface area contributed by atoms with Crippen molar-refractivity contribution in [3.05, 3.63) is 47.8 Å². The Labute approximate surface area is 121 Å². The van der Waals surface area contributed by atoms with Gasteiger partial charge in [0, 0.05) is 24.0 Å². The number of aromatic nitrogens is 3. The van der Waals surface area contributed by atoms with Crippen molar-refractivity contribution in [1.29, 1.82) is 0 Å². The first kappa shape index (κ1) is 14.7. The number of aryl methyl sites for hydroxylation is 1. The molecule has 2 rings (SSSR count). The van der Waals surface area contributed by atoms with Gasteiger partial charge in [-0.25, -0.2) is 14.8 Å². The van der Waals surface area contributed by atoms with Crippen LogP contribution in [0.1, 0.15) is 21.9 Å². The molecule has 110 valence electrons. The lowest BCUT2D eigenvalue weighted by Gasteiger charge is -2.15. The molecule has 7 heteroatoms. The third-order valence-corrected chi connectivity index (χ3v) is 2.89. The van der Waals surface area contributed by atoms with Gasteiger partial charge in [-0.05, 0) is 19.1 Å². The van der Waals surface area contributed by atoms with E-state index in [-0.39, 0.29) is 12.1 Å². The van der Waals surface area contributed by atoms with Crippen LogP contribution in [-0.4, -0.2) is 40.0 Å². The van der Waals surface area contributed by atoms with Crippen LogP contribution in [-0.2, 0) is 16.0 Å². The molecule has 1 atom stereocenters. The molecule has 0 fully saturated rings. The first-order valence-electron chi connectivity index (χ1n) is 6.39. The Balaban J connectivity index is 2.11. The highest BCUT2D eigenvalue weighted by Gasteiger charge is 2.23. The molecule has 2 aromatic heterocycles. The molecule has 21 heavy (non-hydrogen) atoms. The van der Waals surface area contributed by atoms with Crippen molar-refractivity contribution in [3.63, 3.8) is 0 Å². The molecule has 0 aromatic carbocycles. The van der Waals surface area contributed by atoms with E-state index in [0.717, 1.165) is 11.4 Å². The maximum absolute atomic E-state index is 12.1. The van der Waals surface area contributed by atoms with Crippen molar-refractivity contribution in [2.24, 2.45) is 0 Å². The summed E-state index contributed by atoms with van der Waals surface area (Å²) in [5.74, 6) is -0.945. The summed E-state index contributed by atoms with van der Waals surface area (Å²) in [4.78, 5) is 34.8. The van der Waals surface area contributed by atoms with Crippen LogP contribution in [0, 0.1) is 6.92 Å². The number of H-pyrrole nitrogens is 1. The Morgan fingerprint density at radius 1 is 1.43 bits per heavy atom. The summed E-state index contributed by atoms with van der Waals surface area (Å²) in [5.41, 5.74) is 1.71. The van der Waals surface area contributed by atoms with Gasteiger partial charge in [0.05, 0.1) is 13.4 Å². The van der Waals surface area contributed by atoms with Crippen LogP contribution in [0.5, 0.6) is 0 Å². The van der Waals surface area contributed by atoms with E-state index in [1.54, 1.807) is 31.3 Å². The lowest BCUT2D eigenvalue weighted by atomic mass is 10.1. The molecule has 0 aliphatic heterocycles. The number of esters is 1. The molecule has 1 amide bonds. The minimum atomic E-state index is -0.801. The summed E-state index contributed by atoms with van der Waals surface area (Å²) in [6.07, 6.45) is 3.37. The highest BCUT2D eigenvalue weighted by Crippen LogP contribution is 2.03. The van der Waals surface area contributed by atoms with E-state index < -0.39 is 17.9 Å². The van der Waals surface area contributed by atoms with Crippen molar-refractivity contribution in [1.82, 2.24) is 20.3 Å². The molecule has 0 saturated carbocycles. The van der Waals surface area contributed by atoms with Crippen molar-refractivity contribution in [2.75, 3.05) is 7.11 Å². The van der Waals surface area contributed by atoms with Crippen LogP contribution in [0.3, 0.4) is 0 Å². The van der Waals surface area contributed by atoms with Crippen LogP contribution in [0.25, 0.3) is 0 Å². The first-order valence-corrected chi connectivity index (χ1v) is 6.39. The number of methoxy groups -OCH3 is 1. The maximum atomic E-state index is 12.1. The summed E-state index contributed by atoms with van der Waals surface area (Å²) in [7, 11) is 1.28. The van der Waals surface area contributed by atoms with Gasteiger partial charge < -0.3 is 15.0 Å². The highest BCUT2D eigenvalue weighted by atomic mass is 16.5. The van der Waals surface area contributed by atoms with E-state index in [4.69, 9.17) is 4.74 Å². The fourth-order valence-electron chi connectivity index (χ4n) is 1.85. The molecular weight excluding hydrogens is 272 g/mol. The molecule has 2 aromatic rings. The number of rotatable bonds is 5. The van der Waals surface area contributed by atoms with E-state index in [2.05, 4.69) is 20.3 Å². The second-order valence-corrected chi connectivity index (χ2v) is 4.49. The molecule has 2 heterocycles. The van der Waals surface area contributed by atoms with Crippen molar-refractivity contribution < 1.29 is 14.3 Å². The smallest absolute Gasteiger partial charge is 0.328 e. The predicted molar refractivity (Wildman–Crippen MR) is 74.5 cm³/mol. The molecule has 0 saturated heterocycles. The van der Waals surface area contributed by atoms with E-state index in [1.807, 2.05) is 0 Å². The van der Waals surface area contributed by atoms with Gasteiger partial charge in [-0.1, -0.05) is 6.07 Å². The minimum Gasteiger partial charge on any atom is -0.467 e. The molecular formula is C14H16N4O3. The third kappa shape index (κ3) is 3.88. The van der Waals surface area contributed by atoms with Crippen molar-refractivity contribution in [2.45, 2.75) is 19.4 Å². The fraction of sp³-hybridized carbons (Fsp3) is 0.286. The van der Waals surface area contributed by atoms with Gasteiger partial charge in [-0.15, -0.1) is 0 Å². The second kappa shape index (κ2) is 6.65. The predicted octanol–water partition coefficient (Wildman–Crippen LogP) is 0.627. The molecule has 0 aliphatic carbocycles. The van der Waals surface area contributed by atoms with Gasteiger partial charge in [0.1, 0.15) is 11.7 Å². The van der Waals surface area contributed by atoms with Gasteiger partial charge in [0.2, 0.25) is 0 Å². The lowest BCUT2D eigenvalue weighted by molar-refractivity contribution is -0.142. The van der Waals surface area contributed by atoms with E-state index in [9.17, 15) is 9.59 Å². The van der Waals surface area contributed by atoms with Crippen LogP contribution < -0.4 is 5.32 Å². The molecule has 0 aliphatic rings. The van der Waals surface area contributed by atoms with Crippen LogP contribution in [0.2, 0.25) is 0 Å². The minimum absolute atomic E-state index is 0.258.